The minimum Gasteiger partial charge on any atom is -0.354 e. The molecule has 4 aromatic carbocycles. The van der Waals surface area contributed by atoms with Gasteiger partial charge in [-0.05, 0) is 61.2 Å². The summed E-state index contributed by atoms with van der Waals surface area (Å²) in [6.07, 6.45) is 2.01. The first-order valence-electron chi connectivity index (χ1n) is 15.0. The van der Waals surface area contributed by atoms with E-state index in [2.05, 4.69) is 5.32 Å². The van der Waals surface area contributed by atoms with Crippen LogP contribution in [0.5, 0.6) is 0 Å². The van der Waals surface area contributed by atoms with Crippen LogP contribution in [0.4, 0.5) is 5.69 Å². The van der Waals surface area contributed by atoms with Gasteiger partial charge in [-0.15, -0.1) is 0 Å². The Morgan fingerprint density at radius 3 is 2.05 bits per heavy atom. The van der Waals surface area contributed by atoms with Crippen molar-refractivity contribution in [2.75, 3.05) is 17.4 Å². The number of sulfonamides is 1. The molecule has 1 N–H and O–H groups in total. The third-order valence-corrected chi connectivity index (χ3v) is 9.42. The van der Waals surface area contributed by atoms with Gasteiger partial charge in [0.05, 0.1) is 10.6 Å². The first-order valence-corrected chi connectivity index (χ1v) is 16.4. The molecule has 2 amide bonds. The molecule has 4 rings (SSSR count). The number of carbonyl (C=O) groups is 2. The van der Waals surface area contributed by atoms with Gasteiger partial charge in [-0.2, -0.15) is 0 Å². The lowest BCUT2D eigenvalue weighted by Gasteiger charge is -2.34. The number of unbranched alkanes of at least 4 members (excludes halogenated alkanes) is 1. The molecule has 230 valence electrons. The highest BCUT2D eigenvalue weighted by Crippen LogP contribution is 2.25. The quantitative estimate of drug-likeness (QED) is 0.176. The molecule has 8 heteroatoms. The lowest BCUT2D eigenvalue weighted by Crippen LogP contribution is -2.53. The van der Waals surface area contributed by atoms with E-state index >= 15 is 0 Å². The normalized spacial score (nSPS) is 11.9. The molecule has 7 nitrogen and oxygen atoms in total. The molecule has 0 spiro atoms. The lowest BCUT2D eigenvalue weighted by molar-refractivity contribution is -0.140. The number of hydrogen-bond acceptors (Lipinski definition) is 4. The predicted octanol–water partition coefficient (Wildman–Crippen LogP) is 6.06. The van der Waals surface area contributed by atoms with Crippen LogP contribution in [0.1, 0.15) is 42.0 Å². The summed E-state index contributed by atoms with van der Waals surface area (Å²) < 4.78 is 29.3. The van der Waals surface area contributed by atoms with Crippen LogP contribution in [0.15, 0.2) is 114 Å². The van der Waals surface area contributed by atoms with E-state index in [1.54, 1.807) is 54.6 Å². The van der Waals surface area contributed by atoms with Crippen molar-refractivity contribution in [3.63, 3.8) is 0 Å². The van der Waals surface area contributed by atoms with Gasteiger partial charge >= 0.3 is 0 Å². The Morgan fingerprint density at radius 2 is 1.41 bits per heavy atom. The van der Waals surface area contributed by atoms with Crippen molar-refractivity contribution in [3.8, 4) is 0 Å². The van der Waals surface area contributed by atoms with Crippen LogP contribution in [-0.2, 0) is 32.6 Å². The summed E-state index contributed by atoms with van der Waals surface area (Å²) in [6, 6.07) is 31.6. The van der Waals surface area contributed by atoms with Crippen LogP contribution < -0.4 is 9.62 Å². The summed E-state index contributed by atoms with van der Waals surface area (Å²) in [6.45, 7) is 6.07. The first-order chi connectivity index (χ1) is 21.2. The molecule has 0 aliphatic heterocycles. The number of hydrogen-bond donors (Lipinski definition) is 1. The molecule has 4 aromatic rings. The van der Waals surface area contributed by atoms with Crippen molar-refractivity contribution in [3.05, 3.63) is 131 Å². The van der Waals surface area contributed by atoms with E-state index in [-0.39, 0.29) is 23.8 Å². The number of benzene rings is 4. The van der Waals surface area contributed by atoms with Crippen LogP contribution in [-0.4, -0.2) is 44.3 Å². The zero-order chi connectivity index (χ0) is 31.5. The summed E-state index contributed by atoms with van der Waals surface area (Å²) in [5.41, 5.74) is 4.05. The average molecular weight is 612 g/mol. The second-order valence-electron chi connectivity index (χ2n) is 11.0. The van der Waals surface area contributed by atoms with Crippen LogP contribution in [0.2, 0.25) is 0 Å². The first kappa shape index (κ1) is 32.5. The minimum absolute atomic E-state index is 0.0864. The molecule has 0 saturated carbocycles. The number of nitrogens with one attached hydrogen (secondary N) is 1. The molecule has 44 heavy (non-hydrogen) atoms. The van der Waals surface area contributed by atoms with E-state index in [4.69, 9.17) is 0 Å². The molecule has 0 radical (unpaired) electrons. The molecule has 0 fully saturated rings. The summed E-state index contributed by atoms with van der Waals surface area (Å²) in [7, 11) is -4.12. The van der Waals surface area contributed by atoms with Crippen molar-refractivity contribution in [1.82, 2.24) is 10.2 Å². The lowest BCUT2D eigenvalue weighted by atomic mass is 10.0. The van der Waals surface area contributed by atoms with Crippen LogP contribution in [0.25, 0.3) is 0 Å². The molecule has 0 bridgehead atoms. The zero-order valence-corrected chi connectivity index (χ0v) is 26.5. The molecule has 0 aromatic heterocycles. The van der Waals surface area contributed by atoms with Gasteiger partial charge in [0.1, 0.15) is 12.6 Å². The fourth-order valence-corrected chi connectivity index (χ4v) is 6.41. The Hall–Kier alpha value is -4.43. The van der Waals surface area contributed by atoms with Gasteiger partial charge in [0, 0.05) is 19.5 Å². The van der Waals surface area contributed by atoms with Gasteiger partial charge in [-0.3, -0.25) is 13.9 Å². The largest absolute Gasteiger partial charge is 0.354 e. The topological polar surface area (TPSA) is 86.8 Å². The number of rotatable bonds is 14. The maximum atomic E-state index is 14.5. The van der Waals surface area contributed by atoms with E-state index < -0.39 is 28.5 Å². The highest BCUT2D eigenvalue weighted by atomic mass is 32.2. The molecule has 0 heterocycles. The average Bonchev–Trinajstić information content (AvgIpc) is 3.03. The molecule has 1 atom stereocenters. The second-order valence-corrected chi connectivity index (χ2v) is 12.8. The maximum Gasteiger partial charge on any atom is 0.264 e. The molecule has 0 aliphatic rings. The molecular weight excluding hydrogens is 570 g/mol. The highest BCUT2D eigenvalue weighted by molar-refractivity contribution is 7.92. The van der Waals surface area contributed by atoms with E-state index in [1.165, 1.54) is 4.90 Å². The Kier molecular flexibility index (Phi) is 11.3. The van der Waals surface area contributed by atoms with Crippen molar-refractivity contribution < 1.29 is 18.0 Å². The standard InChI is InChI=1S/C36H41N3O4S/c1-4-5-24-37-36(41)34(25-30-15-8-6-9-16-30)38(26-31-17-13-12-14-29(31)3)35(40)27-39(32-18-10-7-11-19-32)44(42,43)33-22-20-28(2)21-23-33/h6-23,34H,4-5,24-27H2,1-3H3,(H,37,41)/t34-/m0/s1. The van der Waals surface area contributed by atoms with E-state index in [1.807, 2.05) is 75.4 Å². The fraction of sp³-hybridized carbons (Fsp3) is 0.278. The number of carbonyl (C=O) groups excluding carboxylic acids is 2. The van der Waals surface area contributed by atoms with Gasteiger partial charge < -0.3 is 10.2 Å². The van der Waals surface area contributed by atoms with Crippen molar-refractivity contribution in [2.45, 2.75) is 57.5 Å². The highest BCUT2D eigenvalue weighted by Gasteiger charge is 2.34. The number of amides is 2. The Morgan fingerprint density at radius 1 is 0.795 bits per heavy atom. The summed E-state index contributed by atoms with van der Waals surface area (Å²) >= 11 is 0. The number of para-hydroxylation sites is 1. The third-order valence-electron chi connectivity index (χ3n) is 7.63. The van der Waals surface area contributed by atoms with Gasteiger partial charge in [0.25, 0.3) is 10.0 Å². The molecule has 0 saturated heterocycles. The number of nitrogens with zero attached hydrogens (tertiary/aromatic N) is 2. The van der Waals surface area contributed by atoms with E-state index in [0.29, 0.717) is 12.2 Å². The number of aryl methyl sites for hydroxylation is 2. The minimum atomic E-state index is -4.12. The SMILES string of the molecule is CCCCNC(=O)[C@H](Cc1ccccc1)N(Cc1ccccc1C)C(=O)CN(c1ccccc1)S(=O)(=O)c1ccc(C)cc1. The van der Waals surface area contributed by atoms with Crippen molar-refractivity contribution in [2.24, 2.45) is 0 Å². The van der Waals surface area contributed by atoms with Crippen molar-refractivity contribution in [1.29, 1.82) is 0 Å². The summed E-state index contributed by atoms with van der Waals surface area (Å²) in [5.74, 6) is -0.740. The summed E-state index contributed by atoms with van der Waals surface area (Å²) in [5, 5.41) is 3.02. The monoisotopic (exact) mass is 611 g/mol. The van der Waals surface area contributed by atoms with E-state index in [0.717, 1.165) is 39.4 Å². The Labute approximate surface area is 261 Å². The zero-order valence-electron chi connectivity index (χ0n) is 25.6. The van der Waals surface area contributed by atoms with Gasteiger partial charge in [-0.1, -0.05) is 104 Å². The summed E-state index contributed by atoms with van der Waals surface area (Å²) in [4.78, 5) is 29.9. The maximum absolute atomic E-state index is 14.5. The smallest absolute Gasteiger partial charge is 0.264 e. The van der Waals surface area contributed by atoms with Gasteiger partial charge in [0.15, 0.2) is 0 Å². The van der Waals surface area contributed by atoms with Gasteiger partial charge in [-0.25, -0.2) is 8.42 Å². The molecular formula is C36H41N3O4S. The molecule has 0 aliphatic carbocycles. The predicted molar refractivity (Wildman–Crippen MR) is 176 cm³/mol. The Balaban J connectivity index is 1.78. The second kappa shape index (κ2) is 15.3. The van der Waals surface area contributed by atoms with Gasteiger partial charge in [0.2, 0.25) is 11.8 Å². The van der Waals surface area contributed by atoms with Crippen LogP contribution in [0.3, 0.4) is 0 Å². The Bertz CT molecular complexity index is 1630. The van der Waals surface area contributed by atoms with Crippen molar-refractivity contribution >= 4 is 27.5 Å². The molecule has 0 unspecified atom stereocenters. The third kappa shape index (κ3) is 8.35. The number of anilines is 1. The fourth-order valence-electron chi connectivity index (χ4n) is 4.99. The van der Waals surface area contributed by atoms with Crippen LogP contribution in [0, 0.1) is 13.8 Å². The van der Waals surface area contributed by atoms with E-state index in [9.17, 15) is 18.0 Å². The van der Waals surface area contributed by atoms with Crippen LogP contribution >= 0.6 is 0 Å².